The predicted octanol–water partition coefficient (Wildman–Crippen LogP) is 5.62. The van der Waals surface area contributed by atoms with Crippen LogP contribution in [0.2, 0.25) is 5.02 Å². The number of carbonyl (C=O) groups is 1. The van der Waals surface area contributed by atoms with Crippen LogP contribution in [0.3, 0.4) is 0 Å². The van der Waals surface area contributed by atoms with Crippen LogP contribution in [0.4, 0.5) is 5.69 Å². The molecular formula is C24H29ClN4O2S. The maximum atomic E-state index is 12.4. The molecule has 8 heteroatoms. The first kappa shape index (κ1) is 24.1. The molecule has 0 aliphatic heterocycles. The van der Waals surface area contributed by atoms with Crippen molar-refractivity contribution in [3.63, 3.8) is 0 Å². The van der Waals surface area contributed by atoms with Crippen molar-refractivity contribution in [3.8, 4) is 5.75 Å². The van der Waals surface area contributed by atoms with Gasteiger partial charge in [0, 0.05) is 23.7 Å². The maximum absolute atomic E-state index is 12.4. The second kappa shape index (κ2) is 11.4. The number of hydrogen-bond donors (Lipinski definition) is 1. The van der Waals surface area contributed by atoms with Crippen molar-refractivity contribution in [1.82, 2.24) is 14.8 Å². The number of nitrogens with zero attached hydrogens (tertiary/aromatic N) is 3. The van der Waals surface area contributed by atoms with Crippen molar-refractivity contribution in [2.45, 2.75) is 52.2 Å². The summed E-state index contributed by atoms with van der Waals surface area (Å²) in [5.74, 6) is 1.97. The van der Waals surface area contributed by atoms with Crippen molar-refractivity contribution in [1.29, 1.82) is 0 Å². The highest BCUT2D eigenvalue weighted by molar-refractivity contribution is 7.99. The molecule has 6 nitrogen and oxygen atoms in total. The van der Waals surface area contributed by atoms with Crippen molar-refractivity contribution in [2.75, 3.05) is 17.7 Å². The minimum absolute atomic E-state index is 0.0565. The van der Waals surface area contributed by atoms with Gasteiger partial charge in [0.2, 0.25) is 5.91 Å². The first-order valence-corrected chi connectivity index (χ1v) is 12.0. The van der Waals surface area contributed by atoms with Crippen molar-refractivity contribution >= 4 is 35.0 Å². The number of rotatable bonds is 10. The number of nitrogens with one attached hydrogen (secondary N) is 1. The summed E-state index contributed by atoms with van der Waals surface area (Å²) >= 11 is 7.39. The Labute approximate surface area is 198 Å². The van der Waals surface area contributed by atoms with Crippen molar-refractivity contribution < 1.29 is 9.53 Å². The molecule has 1 heterocycles. The molecule has 0 radical (unpaired) electrons. The summed E-state index contributed by atoms with van der Waals surface area (Å²) in [4.78, 5) is 12.4. The molecule has 0 saturated heterocycles. The number of ether oxygens (including phenoxy) is 1. The first-order chi connectivity index (χ1) is 15.4. The van der Waals surface area contributed by atoms with Crippen molar-refractivity contribution in [3.05, 3.63) is 63.9 Å². The first-order valence-electron chi connectivity index (χ1n) is 10.7. The van der Waals surface area contributed by atoms with Crippen LogP contribution in [-0.2, 0) is 17.8 Å². The van der Waals surface area contributed by atoms with Crippen LogP contribution < -0.4 is 10.1 Å². The minimum Gasteiger partial charge on any atom is -0.493 e. The molecule has 0 bridgehead atoms. The van der Waals surface area contributed by atoms with Crippen LogP contribution in [0.5, 0.6) is 5.75 Å². The third-order valence-corrected chi connectivity index (χ3v) is 6.09. The van der Waals surface area contributed by atoms with Gasteiger partial charge in [-0.1, -0.05) is 29.4 Å². The van der Waals surface area contributed by atoms with Gasteiger partial charge in [0.25, 0.3) is 0 Å². The van der Waals surface area contributed by atoms with Gasteiger partial charge in [0.15, 0.2) is 5.16 Å². The van der Waals surface area contributed by atoms with Gasteiger partial charge < -0.3 is 14.6 Å². The zero-order valence-corrected chi connectivity index (χ0v) is 20.5. The molecule has 1 amide bonds. The van der Waals surface area contributed by atoms with Crippen LogP contribution in [0.25, 0.3) is 0 Å². The molecule has 1 aromatic heterocycles. The van der Waals surface area contributed by atoms with Gasteiger partial charge in [-0.3, -0.25) is 4.79 Å². The summed E-state index contributed by atoms with van der Waals surface area (Å²) in [5, 5.41) is 13.1. The molecule has 0 fully saturated rings. The second-order valence-corrected chi connectivity index (χ2v) is 9.10. The predicted molar refractivity (Wildman–Crippen MR) is 131 cm³/mol. The zero-order valence-electron chi connectivity index (χ0n) is 18.9. The second-order valence-electron chi connectivity index (χ2n) is 7.72. The molecule has 0 unspecified atom stereocenters. The highest BCUT2D eigenvalue weighted by Crippen LogP contribution is 2.23. The van der Waals surface area contributed by atoms with E-state index in [1.165, 1.54) is 11.8 Å². The Morgan fingerprint density at radius 1 is 1.12 bits per heavy atom. The molecule has 0 aliphatic carbocycles. The van der Waals surface area contributed by atoms with Crippen LogP contribution in [0.1, 0.15) is 35.9 Å². The smallest absolute Gasteiger partial charge is 0.234 e. The summed E-state index contributed by atoms with van der Waals surface area (Å²) in [6.07, 6.45) is 1.57. The van der Waals surface area contributed by atoms with E-state index in [1.807, 2.05) is 51.1 Å². The van der Waals surface area contributed by atoms with E-state index < -0.39 is 0 Å². The third kappa shape index (κ3) is 6.74. The topological polar surface area (TPSA) is 69.0 Å². The molecule has 3 aromatic rings. The van der Waals surface area contributed by atoms with Gasteiger partial charge in [-0.2, -0.15) is 0 Å². The fraction of sp³-hybridized carbons (Fsp3) is 0.375. The Morgan fingerprint density at radius 3 is 2.56 bits per heavy atom. The van der Waals surface area contributed by atoms with E-state index >= 15 is 0 Å². The fourth-order valence-electron chi connectivity index (χ4n) is 3.49. The number of thioether (sulfide) groups is 1. The van der Waals surface area contributed by atoms with Gasteiger partial charge in [0.05, 0.1) is 12.4 Å². The van der Waals surface area contributed by atoms with Gasteiger partial charge in [0.1, 0.15) is 11.6 Å². The maximum Gasteiger partial charge on any atom is 0.234 e. The van der Waals surface area contributed by atoms with Gasteiger partial charge in [-0.05, 0) is 81.1 Å². The van der Waals surface area contributed by atoms with Crippen LogP contribution in [-0.4, -0.2) is 33.0 Å². The molecule has 1 N–H and O–H groups in total. The normalized spacial score (nSPS) is 10.9. The Balaban J connectivity index is 1.50. The molecule has 0 spiro atoms. The highest BCUT2D eigenvalue weighted by Gasteiger charge is 2.13. The molecule has 3 rings (SSSR count). The monoisotopic (exact) mass is 472 g/mol. The number of aryl methyl sites for hydroxylation is 4. The van der Waals surface area contributed by atoms with Gasteiger partial charge in [-0.15, -0.1) is 10.2 Å². The number of amides is 1. The average molecular weight is 473 g/mol. The van der Waals surface area contributed by atoms with E-state index in [9.17, 15) is 4.79 Å². The van der Waals surface area contributed by atoms with Gasteiger partial charge >= 0.3 is 0 Å². The molecule has 0 atom stereocenters. The number of hydrogen-bond acceptors (Lipinski definition) is 5. The Bertz CT molecular complexity index is 1060. The van der Waals surface area contributed by atoms with E-state index in [2.05, 4.69) is 33.1 Å². The summed E-state index contributed by atoms with van der Waals surface area (Å²) in [7, 11) is 0. The van der Waals surface area contributed by atoms with Crippen LogP contribution in [0.15, 0.2) is 41.6 Å². The molecule has 0 saturated carbocycles. The number of anilines is 1. The Morgan fingerprint density at radius 2 is 1.88 bits per heavy atom. The number of aromatic nitrogens is 3. The highest BCUT2D eigenvalue weighted by atomic mass is 35.5. The molecule has 170 valence electrons. The summed E-state index contributed by atoms with van der Waals surface area (Å²) < 4.78 is 7.93. The minimum atomic E-state index is -0.0565. The lowest BCUT2D eigenvalue weighted by molar-refractivity contribution is -0.113. The van der Waals surface area contributed by atoms with E-state index in [0.717, 1.165) is 58.5 Å². The number of carbonyl (C=O) groups excluding carboxylic acids is 1. The molecule has 0 aliphatic rings. The van der Waals surface area contributed by atoms with E-state index in [-0.39, 0.29) is 11.7 Å². The van der Waals surface area contributed by atoms with E-state index in [4.69, 9.17) is 16.3 Å². The average Bonchev–Trinajstić information content (AvgIpc) is 3.12. The van der Waals surface area contributed by atoms with E-state index in [1.54, 1.807) is 0 Å². The Kier molecular flexibility index (Phi) is 8.59. The molecular weight excluding hydrogens is 444 g/mol. The third-order valence-electron chi connectivity index (χ3n) is 4.89. The fourth-order valence-corrected chi connectivity index (χ4v) is 4.54. The zero-order chi connectivity index (χ0) is 23.1. The lowest BCUT2D eigenvalue weighted by atomic mass is 10.1. The molecule has 32 heavy (non-hydrogen) atoms. The van der Waals surface area contributed by atoms with E-state index in [0.29, 0.717) is 11.6 Å². The largest absolute Gasteiger partial charge is 0.493 e. The lowest BCUT2D eigenvalue weighted by Gasteiger charge is -2.10. The Hall–Kier alpha value is -2.51. The SMILES string of the molecule is CCn1c(CCCOc2ccc(Cl)cc2C)nnc1SCC(=O)Nc1cc(C)cc(C)c1. The summed E-state index contributed by atoms with van der Waals surface area (Å²) in [6, 6.07) is 11.6. The number of benzene rings is 2. The van der Waals surface area contributed by atoms with Crippen LogP contribution in [0, 0.1) is 20.8 Å². The number of halogens is 1. The lowest BCUT2D eigenvalue weighted by Crippen LogP contribution is -2.15. The van der Waals surface area contributed by atoms with Crippen LogP contribution >= 0.6 is 23.4 Å². The van der Waals surface area contributed by atoms with Crippen molar-refractivity contribution in [2.24, 2.45) is 0 Å². The molecule has 2 aromatic carbocycles. The van der Waals surface area contributed by atoms with Gasteiger partial charge in [-0.25, -0.2) is 0 Å². The summed E-state index contributed by atoms with van der Waals surface area (Å²) in [5.41, 5.74) is 4.09. The standard InChI is InChI=1S/C24H29ClN4O2S/c1-5-29-22(7-6-10-31-21-9-8-19(25)14-18(21)4)27-28-24(29)32-15-23(30)26-20-12-16(2)11-17(3)13-20/h8-9,11-14H,5-7,10,15H2,1-4H3,(H,26,30). The quantitative estimate of drug-likeness (QED) is 0.306. The summed E-state index contributed by atoms with van der Waals surface area (Å²) in [6.45, 7) is 9.41.